The fourth-order valence-corrected chi connectivity index (χ4v) is 4.51. The van der Waals surface area contributed by atoms with Crippen molar-refractivity contribution in [2.45, 2.75) is 52.0 Å². The van der Waals surface area contributed by atoms with E-state index in [1.54, 1.807) is 11.3 Å². The average Bonchev–Trinajstić information content (AvgIpc) is 3.25. The molecule has 2 aromatic heterocycles. The summed E-state index contributed by atoms with van der Waals surface area (Å²) in [6, 6.07) is 4.39. The van der Waals surface area contributed by atoms with E-state index in [0.29, 0.717) is 12.3 Å². The Morgan fingerprint density at radius 3 is 2.74 bits per heavy atom. The van der Waals surface area contributed by atoms with Gasteiger partial charge in [0.05, 0.1) is 18.2 Å². The maximum absolute atomic E-state index is 12.6. The smallest absolute Gasteiger partial charge is 0.225 e. The molecule has 1 fully saturated rings. The molecular formula is C18H25N3OS. The summed E-state index contributed by atoms with van der Waals surface area (Å²) >= 11 is 1.75. The van der Waals surface area contributed by atoms with Crippen LogP contribution in [-0.4, -0.2) is 15.7 Å². The Labute approximate surface area is 141 Å². The van der Waals surface area contributed by atoms with Crippen molar-refractivity contribution in [3.05, 3.63) is 39.3 Å². The molecule has 1 atom stereocenters. The molecule has 0 unspecified atom stereocenters. The van der Waals surface area contributed by atoms with Crippen molar-refractivity contribution in [2.24, 2.45) is 13.0 Å². The Kier molecular flexibility index (Phi) is 4.85. The third-order valence-corrected chi connectivity index (χ3v) is 5.99. The number of carbonyl (C=O) groups excluding carboxylic acids is 1. The highest BCUT2D eigenvalue weighted by molar-refractivity contribution is 7.10. The van der Waals surface area contributed by atoms with Crippen molar-refractivity contribution in [3.63, 3.8) is 0 Å². The number of aryl methyl sites for hydroxylation is 2. The lowest BCUT2D eigenvalue weighted by Crippen LogP contribution is -2.33. The number of carbonyl (C=O) groups is 1. The molecule has 1 N–H and O–H groups in total. The van der Waals surface area contributed by atoms with Crippen molar-refractivity contribution < 1.29 is 4.79 Å². The monoisotopic (exact) mass is 331 g/mol. The van der Waals surface area contributed by atoms with E-state index in [9.17, 15) is 4.79 Å². The maximum atomic E-state index is 12.6. The second-order valence-corrected chi connectivity index (χ2v) is 7.53. The van der Waals surface area contributed by atoms with Crippen LogP contribution in [0.5, 0.6) is 0 Å². The quantitative estimate of drug-likeness (QED) is 0.908. The highest BCUT2D eigenvalue weighted by Gasteiger charge is 2.28. The molecule has 3 rings (SSSR count). The summed E-state index contributed by atoms with van der Waals surface area (Å²) in [5, 5.41) is 9.81. The van der Waals surface area contributed by atoms with Gasteiger partial charge in [-0.05, 0) is 44.1 Å². The van der Waals surface area contributed by atoms with Crippen LogP contribution in [0.3, 0.4) is 0 Å². The Morgan fingerprint density at radius 2 is 2.17 bits per heavy atom. The van der Waals surface area contributed by atoms with E-state index in [0.717, 1.165) is 17.0 Å². The molecule has 2 heterocycles. The molecule has 124 valence electrons. The van der Waals surface area contributed by atoms with Crippen LogP contribution in [0, 0.1) is 19.8 Å². The molecule has 0 radical (unpaired) electrons. The molecule has 1 aliphatic carbocycles. The van der Waals surface area contributed by atoms with Gasteiger partial charge in [0.25, 0.3) is 0 Å². The van der Waals surface area contributed by atoms with Gasteiger partial charge in [-0.3, -0.25) is 9.48 Å². The van der Waals surface area contributed by atoms with Crippen molar-refractivity contribution in [1.82, 2.24) is 15.1 Å². The van der Waals surface area contributed by atoms with Gasteiger partial charge in [-0.2, -0.15) is 5.10 Å². The van der Waals surface area contributed by atoms with Crippen molar-refractivity contribution in [2.75, 3.05) is 0 Å². The second-order valence-electron chi connectivity index (χ2n) is 6.55. The topological polar surface area (TPSA) is 46.9 Å². The van der Waals surface area contributed by atoms with Crippen LogP contribution in [0.2, 0.25) is 0 Å². The molecule has 0 spiro atoms. The highest BCUT2D eigenvalue weighted by Crippen LogP contribution is 2.37. The van der Waals surface area contributed by atoms with E-state index < -0.39 is 0 Å². The summed E-state index contributed by atoms with van der Waals surface area (Å²) in [6.07, 6.45) is 5.41. The summed E-state index contributed by atoms with van der Waals surface area (Å²) in [5.41, 5.74) is 3.08. The Hall–Kier alpha value is -1.62. The Morgan fingerprint density at radius 1 is 1.43 bits per heavy atom. The van der Waals surface area contributed by atoms with Crippen molar-refractivity contribution in [3.8, 4) is 0 Å². The molecule has 1 saturated carbocycles. The molecule has 0 aromatic carbocycles. The fraction of sp³-hybridized carbons (Fsp3) is 0.556. The lowest BCUT2D eigenvalue weighted by molar-refractivity contribution is -0.121. The van der Waals surface area contributed by atoms with Gasteiger partial charge >= 0.3 is 0 Å². The van der Waals surface area contributed by atoms with Crippen molar-refractivity contribution in [1.29, 1.82) is 0 Å². The summed E-state index contributed by atoms with van der Waals surface area (Å²) in [6.45, 7) is 4.00. The second kappa shape index (κ2) is 6.87. The number of nitrogens with zero attached hydrogens (tertiary/aromatic N) is 2. The van der Waals surface area contributed by atoms with Gasteiger partial charge in [-0.1, -0.05) is 18.9 Å². The standard InChI is InChI=1S/C18H25N3OS/c1-12-15(13(2)21(3)20-12)11-17(22)19-18(14-7-4-5-8-14)16-9-6-10-23-16/h6,9-10,14,18H,4-5,7-8,11H2,1-3H3,(H,19,22)/t18-/m1/s1. The van der Waals surface area contributed by atoms with Crippen LogP contribution in [-0.2, 0) is 18.3 Å². The zero-order chi connectivity index (χ0) is 16.4. The number of amides is 1. The molecule has 1 amide bonds. The van der Waals surface area contributed by atoms with E-state index in [4.69, 9.17) is 0 Å². The van der Waals surface area contributed by atoms with Crippen molar-refractivity contribution >= 4 is 17.2 Å². The molecule has 2 aromatic rings. The molecule has 0 bridgehead atoms. The van der Waals surface area contributed by atoms with E-state index in [1.807, 2.05) is 25.6 Å². The molecule has 0 aliphatic heterocycles. The summed E-state index contributed by atoms with van der Waals surface area (Å²) in [7, 11) is 1.93. The predicted molar refractivity (Wildman–Crippen MR) is 93.5 cm³/mol. The minimum Gasteiger partial charge on any atom is -0.348 e. The highest BCUT2D eigenvalue weighted by atomic mass is 32.1. The van der Waals surface area contributed by atoms with Gasteiger partial charge in [0.1, 0.15) is 0 Å². The Bertz CT molecular complexity index is 669. The molecular weight excluding hydrogens is 306 g/mol. The number of rotatable bonds is 5. The first-order valence-corrected chi connectivity index (χ1v) is 9.26. The summed E-state index contributed by atoms with van der Waals surface area (Å²) in [4.78, 5) is 13.9. The lowest BCUT2D eigenvalue weighted by Gasteiger charge is -2.24. The summed E-state index contributed by atoms with van der Waals surface area (Å²) < 4.78 is 1.85. The third kappa shape index (κ3) is 3.50. The number of thiophene rings is 1. The lowest BCUT2D eigenvalue weighted by atomic mass is 9.96. The average molecular weight is 331 g/mol. The first-order chi connectivity index (χ1) is 11.1. The van der Waals surface area contributed by atoms with E-state index in [1.165, 1.54) is 30.6 Å². The Balaban J connectivity index is 1.73. The number of hydrogen-bond donors (Lipinski definition) is 1. The molecule has 4 nitrogen and oxygen atoms in total. The molecule has 1 aliphatic rings. The SMILES string of the molecule is Cc1nn(C)c(C)c1CC(=O)N[C@@H](c1cccs1)C1CCCC1. The molecule has 5 heteroatoms. The van der Waals surface area contributed by atoms with Gasteiger partial charge in [-0.25, -0.2) is 0 Å². The van der Waals surface area contributed by atoms with Gasteiger partial charge in [0.2, 0.25) is 5.91 Å². The van der Waals surface area contributed by atoms with Crippen LogP contribution in [0.4, 0.5) is 0 Å². The predicted octanol–water partition coefficient (Wildman–Crippen LogP) is 3.69. The van der Waals surface area contributed by atoms with E-state index >= 15 is 0 Å². The molecule has 0 saturated heterocycles. The van der Waals surface area contributed by atoms with Crippen LogP contribution in [0.25, 0.3) is 0 Å². The molecule has 23 heavy (non-hydrogen) atoms. The number of hydrogen-bond acceptors (Lipinski definition) is 3. The fourth-order valence-electron chi connectivity index (χ4n) is 3.64. The largest absolute Gasteiger partial charge is 0.348 e. The number of aromatic nitrogens is 2. The van der Waals surface area contributed by atoms with Gasteiger partial charge in [0.15, 0.2) is 0 Å². The van der Waals surface area contributed by atoms with Crippen LogP contribution < -0.4 is 5.32 Å². The zero-order valence-electron chi connectivity index (χ0n) is 14.1. The maximum Gasteiger partial charge on any atom is 0.225 e. The summed E-state index contributed by atoms with van der Waals surface area (Å²) in [5.74, 6) is 0.684. The number of nitrogens with one attached hydrogen (secondary N) is 1. The third-order valence-electron chi connectivity index (χ3n) is 5.03. The van der Waals surface area contributed by atoms with Crippen LogP contribution in [0.1, 0.15) is 53.6 Å². The first-order valence-electron chi connectivity index (χ1n) is 8.38. The van der Waals surface area contributed by atoms with E-state index in [2.05, 4.69) is 27.9 Å². The minimum absolute atomic E-state index is 0.106. The van der Waals surface area contributed by atoms with Crippen LogP contribution in [0.15, 0.2) is 17.5 Å². The van der Waals surface area contributed by atoms with Gasteiger partial charge < -0.3 is 5.32 Å². The normalized spacial score (nSPS) is 16.7. The van der Waals surface area contributed by atoms with Gasteiger partial charge in [-0.15, -0.1) is 11.3 Å². The zero-order valence-corrected chi connectivity index (χ0v) is 14.9. The first kappa shape index (κ1) is 16.2. The minimum atomic E-state index is 0.106. The van der Waals surface area contributed by atoms with Crippen LogP contribution >= 0.6 is 11.3 Å². The van der Waals surface area contributed by atoms with Gasteiger partial charge in [0, 0.05) is 23.2 Å². The van der Waals surface area contributed by atoms with E-state index in [-0.39, 0.29) is 11.9 Å².